The minimum atomic E-state index is -0.412. The number of benzene rings is 2. The van der Waals surface area contributed by atoms with E-state index in [4.69, 9.17) is 30.9 Å². The minimum Gasteiger partial charge on any atom is -0.493 e. The Labute approximate surface area is 178 Å². The Morgan fingerprint density at radius 2 is 2.00 bits per heavy atom. The van der Waals surface area contributed by atoms with Crippen molar-refractivity contribution < 1.29 is 14.2 Å². The highest BCUT2D eigenvalue weighted by Crippen LogP contribution is 2.49. The first kappa shape index (κ1) is 18.3. The van der Waals surface area contributed by atoms with Crippen molar-refractivity contribution in [1.82, 2.24) is 5.01 Å². The van der Waals surface area contributed by atoms with Gasteiger partial charge in [0.1, 0.15) is 5.75 Å². The molecule has 0 fully saturated rings. The molecule has 0 N–H and O–H groups in total. The Balaban J connectivity index is 1.62. The zero-order valence-electron chi connectivity index (χ0n) is 16.0. The summed E-state index contributed by atoms with van der Waals surface area (Å²) in [5, 5.41) is 9.54. The molecule has 1 aromatic heterocycles. The molecule has 3 aromatic rings. The molecular weight excluding hydrogens is 408 g/mol. The largest absolute Gasteiger partial charge is 0.493 e. The number of hydrazone groups is 1. The van der Waals surface area contributed by atoms with E-state index in [1.165, 1.54) is 4.88 Å². The average molecular weight is 427 g/mol. The van der Waals surface area contributed by atoms with Crippen LogP contribution in [0.2, 0.25) is 5.02 Å². The second-order valence-corrected chi connectivity index (χ2v) is 8.23. The number of methoxy groups -OCH3 is 2. The van der Waals surface area contributed by atoms with Crippen LogP contribution in [0, 0.1) is 0 Å². The van der Waals surface area contributed by atoms with Crippen molar-refractivity contribution in [2.24, 2.45) is 5.10 Å². The van der Waals surface area contributed by atoms with Crippen molar-refractivity contribution in [2.75, 3.05) is 14.2 Å². The highest BCUT2D eigenvalue weighted by Gasteiger charge is 2.41. The Kier molecular flexibility index (Phi) is 4.60. The summed E-state index contributed by atoms with van der Waals surface area (Å²) in [6.07, 6.45) is 0.419. The van der Waals surface area contributed by atoms with E-state index < -0.39 is 6.23 Å². The van der Waals surface area contributed by atoms with E-state index in [1.54, 1.807) is 25.6 Å². The van der Waals surface area contributed by atoms with Gasteiger partial charge >= 0.3 is 0 Å². The first-order valence-corrected chi connectivity index (χ1v) is 10.5. The van der Waals surface area contributed by atoms with E-state index in [2.05, 4.69) is 23.6 Å². The van der Waals surface area contributed by atoms with Gasteiger partial charge in [0.15, 0.2) is 11.5 Å². The molecule has 0 saturated heterocycles. The summed E-state index contributed by atoms with van der Waals surface area (Å²) >= 11 is 8.17. The fourth-order valence-electron chi connectivity index (χ4n) is 3.93. The van der Waals surface area contributed by atoms with Gasteiger partial charge in [-0.05, 0) is 29.6 Å². The van der Waals surface area contributed by atoms with Crippen LogP contribution in [-0.2, 0) is 0 Å². The maximum absolute atomic E-state index is 6.47. The lowest BCUT2D eigenvalue weighted by Gasteiger charge is -2.38. The van der Waals surface area contributed by atoms with Gasteiger partial charge in [-0.25, -0.2) is 5.01 Å². The molecule has 0 aliphatic carbocycles. The molecule has 148 valence electrons. The zero-order valence-corrected chi connectivity index (χ0v) is 17.5. The number of hydrogen-bond donors (Lipinski definition) is 0. The Bertz CT molecular complexity index is 1080. The van der Waals surface area contributed by atoms with E-state index in [-0.39, 0.29) is 6.04 Å². The molecule has 0 bridgehead atoms. The predicted molar refractivity (Wildman–Crippen MR) is 114 cm³/mol. The minimum absolute atomic E-state index is 0.105. The van der Waals surface area contributed by atoms with E-state index in [0.29, 0.717) is 16.5 Å². The van der Waals surface area contributed by atoms with E-state index in [9.17, 15) is 0 Å². The van der Waals surface area contributed by atoms with Crippen molar-refractivity contribution >= 4 is 28.6 Å². The Hall–Kier alpha value is -2.70. The third-order valence-electron chi connectivity index (χ3n) is 5.25. The number of rotatable bonds is 4. The molecular formula is C22H19ClN2O3S. The molecule has 2 atom stereocenters. The lowest BCUT2D eigenvalue weighted by Crippen LogP contribution is -2.33. The van der Waals surface area contributed by atoms with Crippen LogP contribution in [0.3, 0.4) is 0 Å². The summed E-state index contributed by atoms with van der Waals surface area (Å²) in [6, 6.07) is 16.2. The van der Waals surface area contributed by atoms with Crippen LogP contribution < -0.4 is 14.2 Å². The second kappa shape index (κ2) is 7.28. The molecule has 5 rings (SSSR count). The number of halogens is 1. The number of para-hydroxylation sites is 1. The van der Waals surface area contributed by atoms with Crippen molar-refractivity contribution in [1.29, 1.82) is 0 Å². The number of hydrogen-bond acceptors (Lipinski definition) is 6. The third-order valence-corrected chi connectivity index (χ3v) is 6.45. The lowest BCUT2D eigenvalue weighted by atomic mass is 9.97. The Morgan fingerprint density at radius 3 is 2.76 bits per heavy atom. The van der Waals surface area contributed by atoms with Gasteiger partial charge in [0.05, 0.1) is 35.9 Å². The van der Waals surface area contributed by atoms with E-state index in [1.807, 2.05) is 35.3 Å². The number of nitrogens with zero attached hydrogens (tertiary/aromatic N) is 2. The van der Waals surface area contributed by atoms with Crippen LogP contribution in [0.5, 0.6) is 17.2 Å². The van der Waals surface area contributed by atoms with Gasteiger partial charge in [-0.15, -0.1) is 11.3 Å². The zero-order chi connectivity index (χ0) is 20.0. The van der Waals surface area contributed by atoms with Crippen LogP contribution in [-0.4, -0.2) is 24.9 Å². The van der Waals surface area contributed by atoms with Gasteiger partial charge in [-0.3, -0.25) is 0 Å². The molecule has 0 unspecified atom stereocenters. The van der Waals surface area contributed by atoms with Crippen LogP contribution in [0.25, 0.3) is 0 Å². The highest BCUT2D eigenvalue weighted by molar-refractivity contribution is 7.12. The van der Waals surface area contributed by atoms with Crippen molar-refractivity contribution in [3.8, 4) is 17.2 Å². The average Bonchev–Trinajstić information content (AvgIpc) is 3.42. The molecule has 0 spiro atoms. The third kappa shape index (κ3) is 3.03. The van der Waals surface area contributed by atoms with Gasteiger partial charge in [0.2, 0.25) is 6.23 Å². The molecule has 2 aliphatic heterocycles. The van der Waals surface area contributed by atoms with Crippen LogP contribution in [0.1, 0.15) is 34.7 Å². The first-order chi connectivity index (χ1) is 14.2. The smallest absolute Gasteiger partial charge is 0.214 e. The summed E-state index contributed by atoms with van der Waals surface area (Å²) < 4.78 is 17.3. The Morgan fingerprint density at radius 1 is 1.14 bits per heavy atom. The van der Waals surface area contributed by atoms with Crippen molar-refractivity contribution in [3.05, 3.63) is 74.9 Å². The van der Waals surface area contributed by atoms with Crippen LogP contribution >= 0.6 is 22.9 Å². The van der Waals surface area contributed by atoms with Crippen LogP contribution in [0.4, 0.5) is 0 Å². The molecule has 7 heteroatoms. The summed E-state index contributed by atoms with van der Waals surface area (Å²) in [5.74, 6) is 1.94. The fourth-order valence-corrected chi connectivity index (χ4v) is 4.94. The van der Waals surface area contributed by atoms with E-state index >= 15 is 0 Å². The number of ether oxygens (including phenoxy) is 3. The molecule has 0 amide bonds. The van der Waals surface area contributed by atoms with Gasteiger partial charge in [0, 0.05) is 17.5 Å². The van der Waals surface area contributed by atoms with Gasteiger partial charge in [0.25, 0.3) is 0 Å². The van der Waals surface area contributed by atoms with Gasteiger partial charge < -0.3 is 14.2 Å². The summed E-state index contributed by atoms with van der Waals surface area (Å²) in [5.41, 5.74) is 3.08. The maximum atomic E-state index is 6.47. The molecule has 2 aromatic carbocycles. The van der Waals surface area contributed by atoms with Crippen molar-refractivity contribution in [3.63, 3.8) is 0 Å². The lowest BCUT2D eigenvalue weighted by molar-refractivity contribution is -0.0191. The van der Waals surface area contributed by atoms with E-state index in [0.717, 1.165) is 29.0 Å². The molecule has 29 heavy (non-hydrogen) atoms. The molecule has 5 nitrogen and oxygen atoms in total. The number of thiophene rings is 1. The predicted octanol–water partition coefficient (Wildman–Crippen LogP) is 5.66. The monoisotopic (exact) mass is 426 g/mol. The molecule has 0 radical (unpaired) electrons. The normalized spacial score (nSPS) is 19.8. The van der Waals surface area contributed by atoms with Crippen LogP contribution in [0.15, 0.2) is 59.0 Å². The summed E-state index contributed by atoms with van der Waals surface area (Å²) in [4.78, 5) is 1.18. The quantitative estimate of drug-likeness (QED) is 0.539. The standard InChI is InChI=1S/C22H19ClN2O3S/c1-26-19-11-13(10-15(23)21(19)27-2)22-25-17(14-6-3-4-7-18(14)28-22)12-16(24-25)20-8-5-9-29-20/h3-11,17,22H,12H2,1-2H3/t17-,22+/m1/s1. The molecule has 2 aliphatic rings. The van der Waals surface area contributed by atoms with Gasteiger partial charge in [-0.2, -0.15) is 5.10 Å². The highest BCUT2D eigenvalue weighted by atomic mass is 35.5. The molecule has 0 saturated carbocycles. The second-order valence-electron chi connectivity index (χ2n) is 6.87. The maximum Gasteiger partial charge on any atom is 0.214 e. The first-order valence-electron chi connectivity index (χ1n) is 9.26. The molecule has 3 heterocycles. The number of fused-ring (bicyclic) bond motifs is 3. The summed E-state index contributed by atoms with van der Waals surface area (Å²) in [6.45, 7) is 0. The fraction of sp³-hybridized carbons (Fsp3) is 0.227. The van der Waals surface area contributed by atoms with Gasteiger partial charge in [-0.1, -0.05) is 35.9 Å². The topological polar surface area (TPSA) is 43.3 Å². The SMILES string of the molecule is COc1cc([C@@H]2Oc3ccccc3[C@H]3CC(c4cccs4)=NN32)cc(Cl)c1OC. The van der Waals surface area contributed by atoms with Crippen molar-refractivity contribution in [2.45, 2.75) is 18.7 Å². The summed E-state index contributed by atoms with van der Waals surface area (Å²) in [7, 11) is 3.17.